The van der Waals surface area contributed by atoms with Crippen LogP contribution in [0.5, 0.6) is 0 Å². The molecular formula is C34H34SiTi. The van der Waals surface area contributed by atoms with Crippen LogP contribution in [0.15, 0.2) is 83.9 Å². The summed E-state index contributed by atoms with van der Waals surface area (Å²) in [5.74, 6) is 0.751. The van der Waals surface area contributed by atoms with Gasteiger partial charge in [-0.05, 0) is 46.5 Å². The first kappa shape index (κ1) is 26.9. The molecule has 2 unspecified atom stereocenters. The Morgan fingerprint density at radius 3 is 1.50 bits per heavy atom. The minimum absolute atomic E-state index is 0. The molecule has 4 aromatic rings. The molecule has 178 valence electrons. The zero-order valence-electron chi connectivity index (χ0n) is 21.6. The smallest absolute Gasteiger partial charge is 0.358 e. The molecule has 2 radical (unpaired) electrons. The molecule has 1 aliphatic heterocycles. The van der Waals surface area contributed by atoms with Gasteiger partial charge in [-0.1, -0.05) is 132 Å². The van der Waals surface area contributed by atoms with E-state index < -0.39 is 0 Å². The van der Waals surface area contributed by atoms with Crippen LogP contribution in [0, 0.1) is 13.8 Å². The minimum atomic E-state index is 0. The molecule has 0 bridgehead atoms. The van der Waals surface area contributed by atoms with Crippen LogP contribution in [-0.4, -0.2) is 9.52 Å². The second-order valence-corrected chi connectivity index (χ2v) is 11.5. The van der Waals surface area contributed by atoms with Gasteiger partial charge in [0.2, 0.25) is 0 Å². The average Bonchev–Trinajstić information content (AvgIpc) is 3.61. The van der Waals surface area contributed by atoms with Crippen molar-refractivity contribution in [3.8, 4) is 0 Å². The third kappa shape index (κ3) is 4.86. The number of hydrogen-bond donors (Lipinski definition) is 0. The third-order valence-electron chi connectivity index (χ3n) is 7.75. The molecule has 0 spiro atoms. The van der Waals surface area contributed by atoms with Crippen LogP contribution >= 0.6 is 0 Å². The molecule has 0 aromatic heterocycles. The summed E-state index contributed by atoms with van der Waals surface area (Å²) in [6.45, 7) is 4.57. The molecule has 2 aliphatic carbocycles. The van der Waals surface area contributed by atoms with Crippen molar-refractivity contribution < 1.29 is 21.7 Å². The average molecular weight is 519 g/mol. The van der Waals surface area contributed by atoms with Crippen LogP contribution in [0.4, 0.5) is 0 Å². The number of hydrogen-bond acceptors (Lipinski definition) is 0. The summed E-state index contributed by atoms with van der Waals surface area (Å²) < 4.78 is 0. The van der Waals surface area contributed by atoms with Gasteiger partial charge in [0.15, 0.2) is 0 Å². The topological polar surface area (TPSA) is 0 Å². The zero-order valence-corrected chi connectivity index (χ0v) is 24.2. The molecule has 1 fully saturated rings. The Balaban J connectivity index is 0.000000391. The molecule has 0 nitrogen and oxygen atoms in total. The normalized spacial score (nSPS) is 19.4. The predicted molar refractivity (Wildman–Crippen MR) is 156 cm³/mol. The molecule has 7 rings (SSSR count). The van der Waals surface area contributed by atoms with Gasteiger partial charge in [0.25, 0.3) is 0 Å². The van der Waals surface area contributed by atoms with E-state index in [1.807, 2.05) is 0 Å². The first-order valence-corrected chi connectivity index (χ1v) is 14.1. The van der Waals surface area contributed by atoms with Crippen molar-refractivity contribution >= 4 is 43.2 Å². The minimum Gasteiger partial charge on any atom is -0.358 e. The molecule has 4 aromatic carbocycles. The van der Waals surface area contributed by atoms with Crippen LogP contribution in [0.1, 0.15) is 60.8 Å². The number of allylic oxidation sites excluding steroid dienone is 2. The van der Waals surface area contributed by atoms with Gasteiger partial charge in [0.1, 0.15) is 0 Å². The van der Waals surface area contributed by atoms with Crippen molar-refractivity contribution in [3.63, 3.8) is 0 Å². The maximum atomic E-state index is 2.57. The molecule has 1 saturated heterocycles. The van der Waals surface area contributed by atoms with E-state index in [9.17, 15) is 0 Å². The zero-order chi connectivity index (χ0) is 23.1. The van der Waals surface area contributed by atoms with E-state index in [0.717, 1.165) is 0 Å². The first-order valence-electron chi connectivity index (χ1n) is 12.7. The van der Waals surface area contributed by atoms with Crippen molar-refractivity contribution in [2.24, 2.45) is 0 Å². The Labute approximate surface area is 234 Å². The van der Waals surface area contributed by atoms with Crippen LogP contribution in [0.2, 0.25) is 12.1 Å². The molecule has 0 N–H and O–H groups in total. The number of fused-ring (bicyclic) bond motifs is 6. The molecule has 3 aliphatic rings. The fraction of sp³-hybridized carbons (Fsp3) is 0.235. The molecule has 0 saturated carbocycles. The number of rotatable bonds is 2. The van der Waals surface area contributed by atoms with Gasteiger partial charge in [-0.25, -0.2) is 0 Å². The number of benzene rings is 4. The maximum Gasteiger partial charge on any atom is 2.00 e. The summed E-state index contributed by atoms with van der Waals surface area (Å²) in [6, 6.07) is 29.7. The fourth-order valence-corrected chi connectivity index (χ4v) is 7.19. The maximum absolute atomic E-state index is 2.57. The molecule has 2 heteroatoms. The first-order chi connectivity index (χ1) is 16.7. The molecule has 36 heavy (non-hydrogen) atoms. The summed E-state index contributed by atoms with van der Waals surface area (Å²) in [7, 11) is 1.31. The monoisotopic (exact) mass is 518 g/mol. The van der Waals surface area contributed by atoms with Gasteiger partial charge >= 0.3 is 21.7 Å². The fourth-order valence-electron chi connectivity index (χ4n) is 5.94. The van der Waals surface area contributed by atoms with Crippen molar-refractivity contribution in [3.05, 3.63) is 120 Å². The van der Waals surface area contributed by atoms with Crippen molar-refractivity contribution in [1.29, 1.82) is 0 Å². The second kappa shape index (κ2) is 11.5. The molecular weight excluding hydrogens is 484 g/mol. The largest absolute Gasteiger partial charge is 2.00 e. The summed E-state index contributed by atoms with van der Waals surface area (Å²) in [6.07, 6.45) is 10.4. The van der Waals surface area contributed by atoms with E-state index >= 15 is 0 Å². The van der Waals surface area contributed by atoms with Gasteiger partial charge in [-0.2, -0.15) is 0 Å². The Kier molecular flexibility index (Phi) is 8.56. The quantitative estimate of drug-likeness (QED) is 0.183. The van der Waals surface area contributed by atoms with Crippen LogP contribution in [-0.2, 0) is 21.7 Å². The van der Waals surface area contributed by atoms with Gasteiger partial charge in [0, 0.05) is 9.52 Å². The van der Waals surface area contributed by atoms with Crippen molar-refractivity contribution in [2.75, 3.05) is 0 Å². The van der Waals surface area contributed by atoms with E-state index in [1.165, 1.54) is 89.4 Å². The van der Waals surface area contributed by atoms with Crippen LogP contribution in [0.3, 0.4) is 0 Å². The van der Waals surface area contributed by atoms with Crippen LogP contribution in [0.25, 0.3) is 33.7 Å². The SMILES string of the molecule is C1CC[Si]C1.CC1=Cc2c(ccc3ccccc23)C1[CH-]C1C(C)=Cc2c1ccc1ccccc21.[CH3-].[Ti+2]. The molecule has 2 atom stereocenters. The van der Waals surface area contributed by atoms with Gasteiger partial charge < -0.3 is 13.8 Å². The van der Waals surface area contributed by atoms with E-state index in [0.29, 0.717) is 11.8 Å². The van der Waals surface area contributed by atoms with Crippen molar-refractivity contribution in [1.82, 2.24) is 0 Å². The summed E-state index contributed by atoms with van der Waals surface area (Å²) in [5.41, 5.74) is 8.59. The van der Waals surface area contributed by atoms with E-state index in [4.69, 9.17) is 0 Å². The molecule has 0 amide bonds. The van der Waals surface area contributed by atoms with Gasteiger partial charge in [0.05, 0.1) is 0 Å². The third-order valence-corrected chi connectivity index (χ3v) is 9.16. The Bertz CT molecular complexity index is 1330. The Hall–Kier alpha value is -2.19. The van der Waals surface area contributed by atoms with E-state index in [2.05, 4.69) is 105 Å². The summed E-state index contributed by atoms with van der Waals surface area (Å²) in [4.78, 5) is 0. The summed E-state index contributed by atoms with van der Waals surface area (Å²) >= 11 is 0. The second-order valence-electron chi connectivity index (χ2n) is 9.96. The van der Waals surface area contributed by atoms with Crippen LogP contribution < -0.4 is 0 Å². The molecule has 1 heterocycles. The van der Waals surface area contributed by atoms with Gasteiger partial charge in [-0.3, -0.25) is 0 Å². The van der Waals surface area contributed by atoms with Crippen molar-refractivity contribution in [2.45, 2.75) is 50.6 Å². The van der Waals surface area contributed by atoms with Gasteiger partial charge in [-0.15, -0.1) is 11.8 Å². The Morgan fingerprint density at radius 1 is 0.639 bits per heavy atom. The Morgan fingerprint density at radius 2 is 1.08 bits per heavy atom. The van der Waals surface area contributed by atoms with E-state index in [-0.39, 0.29) is 29.1 Å². The standard InChI is InChI=1S/C29H23.C4H8Si.CH3.Ti/c1-18-15-28-22-9-5-3-7-20(22)11-13-24(28)26(18)17-27-19(2)16-29-23-10-6-4-8-21(23)12-14-25(27)29;1-2-4-5-3-1;;/h3-17,26-27H,1-2H3;1-4H2;1H3;/q-1;;-1;+2. The summed E-state index contributed by atoms with van der Waals surface area (Å²) in [5, 5.41) is 5.38. The predicted octanol–water partition coefficient (Wildman–Crippen LogP) is 9.67. The van der Waals surface area contributed by atoms with E-state index in [1.54, 1.807) is 0 Å².